The van der Waals surface area contributed by atoms with Gasteiger partial charge in [-0.15, -0.1) is 0 Å². The van der Waals surface area contributed by atoms with Crippen LogP contribution in [0.15, 0.2) is 54.6 Å². The topological polar surface area (TPSA) is 32.8 Å². The van der Waals surface area contributed by atoms with Gasteiger partial charge >= 0.3 is 0 Å². The maximum Gasteiger partial charge on any atom is 0.151 e. The molecule has 126 valence electrons. The molecule has 4 nitrogen and oxygen atoms in total. The number of hydrogen-bond acceptors (Lipinski definition) is 4. The van der Waals surface area contributed by atoms with E-state index in [1.54, 1.807) is 14.0 Å². The molecule has 0 saturated carbocycles. The Labute approximate surface area is 143 Å². The smallest absolute Gasteiger partial charge is 0.151 e. The lowest BCUT2D eigenvalue weighted by molar-refractivity contribution is -0.122. The maximum atomic E-state index is 12.3. The molecule has 0 N–H and O–H groups in total. The minimum atomic E-state index is -0.172. The van der Waals surface area contributed by atoms with Crippen LogP contribution in [0.3, 0.4) is 0 Å². The van der Waals surface area contributed by atoms with E-state index < -0.39 is 0 Å². The van der Waals surface area contributed by atoms with Gasteiger partial charge in [0.1, 0.15) is 5.75 Å². The minimum absolute atomic E-state index is 0.172. The Hall–Kier alpha value is -2.33. The summed E-state index contributed by atoms with van der Waals surface area (Å²) >= 11 is 0. The van der Waals surface area contributed by atoms with Gasteiger partial charge in [-0.05, 0) is 36.8 Å². The van der Waals surface area contributed by atoms with E-state index in [0.717, 1.165) is 37.5 Å². The molecule has 1 aliphatic rings. The summed E-state index contributed by atoms with van der Waals surface area (Å²) in [4.78, 5) is 16.9. The van der Waals surface area contributed by atoms with Gasteiger partial charge in [0.05, 0.1) is 13.2 Å². The number of para-hydroxylation sites is 1. The molecule has 1 atom stereocenters. The number of methoxy groups -OCH3 is 1. The molecule has 0 aliphatic carbocycles. The third-order valence-corrected chi connectivity index (χ3v) is 4.62. The van der Waals surface area contributed by atoms with Crippen LogP contribution in [0.2, 0.25) is 0 Å². The van der Waals surface area contributed by atoms with E-state index in [1.165, 1.54) is 5.69 Å². The van der Waals surface area contributed by atoms with Crippen LogP contribution in [0, 0.1) is 0 Å². The van der Waals surface area contributed by atoms with E-state index in [4.69, 9.17) is 4.74 Å². The van der Waals surface area contributed by atoms with Crippen LogP contribution in [-0.4, -0.2) is 44.0 Å². The predicted molar refractivity (Wildman–Crippen MR) is 96.6 cm³/mol. The average Bonchev–Trinajstić information content (AvgIpc) is 2.63. The summed E-state index contributed by atoms with van der Waals surface area (Å²) in [6.45, 7) is 5.31. The van der Waals surface area contributed by atoms with Crippen LogP contribution >= 0.6 is 0 Å². The molecule has 1 saturated heterocycles. The molecule has 0 radical (unpaired) electrons. The van der Waals surface area contributed by atoms with Gasteiger partial charge in [-0.25, -0.2) is 0 Å². The van der Waals surface area contributed by atoms with Crippen LogP contribution < -0.4 is 9.64 Å². The fourth-order valence-electron chi connectivity index (χ4n) is 3.37. The molecule has 1 fully saturated rings. The molecule has 2 aromatic rings. The molecular weight excluding hydrogens is 300 g/mol. The van der Waals surface area contributed by atoms with Crippen LogP contribution in [0.5, 0.6) is 5.75 Å². The van der Waals surface area contributed by atoms with Gasteiger partial charge < -0.3 is 9.64 Å². The van der Waals surface area contributed by atoms with E-state index >= 15 is 0 Å². The number of piperazine rings is 1. The summed E-state index contributed by atoms with van der Waals surface area (Å²) in [5.74, 6) is 1.00. The van der Waals surface area contributed by atoms with Gasteiger partial charge in [-0.2, -0.15) is 0 Å². The van der Waals surface area contributed by atoms with Crippen molar-refractivity contribution >= 4 is 11.5 Å². The van der Waals surface area contributed by atoms with Crippen LogP contribution in [-0.2, 0) is 4.79 Å². The summed E-state index contributed by atoms with van der Waals surface area (Å²) in [6, 6.07) is 18.1. The lowest BCUT2D eigenvalue weighted by Gasteiger charge is -2.39. The molecule has 1 aliphatic heterocycles. The molecule has 2 aromatic carbocycles. The standard InChI is InChI=1S/C20H24N2O2/c1-16(23)20(17-8-10-19(24-2)11-9-17)22-14-12-21(13-15-22)18-6-4-3-5-7-18/h3-11,20H,12-15H2,1-2H3. The number of hydrogen-bond donors (Lipinski definition) is 0. The first kappa shape index (κ1) is 16.5. The van der Waals surface area contributed by atoms with Crippen molar-refractivity contribution in [1.82, 2.24) is 4.90 Å². The maximum absolute atomic E-state index is 12.3. The zero-order valence-electron chi connectivity index (χ0n) is 14.3. The first-order valence-corrected chi connectivity index (χ1v) is 8.37. The van der Waals surface area contributed by atoms with Crippen molar-refractivity contribution in [3.63, 3.8) is 0 Å². The second-order valence-corrected chi connectivity index (χ2v) is 6.14. The van der Waals surface area contributed by atoms with Crippen molar-refractivity contribution in [2.24, 2.45) is 0 Å². The highest BCUT2D eigenvalue weighted by molar-refractivity contribution is 5.83. The second kappa shape index (κ2) is 7.49. The number of carbonyl (C=O) groups excluding carboxylic acids is 1. The Kier molecular flexibility index (Phi) is 5.16. The third kappa shape index (κ3) is 3.60. The molecule has 0 amide bonds. The minimum Gasteiger partial charge on any atom is -0.497 e. The quantitative estimate of drug-likeness (QED) is 0.846. The van der Waals surface area contributed by atoms with Crippen LogP contribution in [0.25, 0.3) is 0 Å². The number of ketones is 1. The molecular formula is C20H24N2O2. The highest BCUT2D eigenvalue weighted by Crippen LogP contribution is 2.26. The summed E-state index contributed by atoms with van der Waals surface area (Å²) in [7, 11) is 1.65. The Morgan fingerprint density at radius 2 is 1.58 bits per heavy atom. The van der Waals surface area contributed by atoms with Gasteiger partial charge in [-0.1, -0.05) is 30.3 Å². The van der Waals surface area contributed by atoms with Crippen molar-refractivity contribution in [3.8, 4) is 5.75 Å². The average molecular weight is 324 g/mol. The summed E-state index contributed by atoms with van der Waals surface area (Å²) in [5.41, 5.74) is 2.29. The molecule has 1 heterocycles. The van der Waals surface area contributed by atoms with Gasteiger partial charge in [0.2, 0.25) is 0 Å². The number of ether oxygens (including phenoxy) is 1. The largest absolute Gasteiger partial charge is 0.497 e. The number of Topliss-reactive ketones (excluding diaryl/α,β-unsaturated/α-hetero) is 1. The van der Waals surface area contributed by atoms with E-state index in [-0.39, 0.29) is 11.8 Å². The van der Waals surface area contributed by atoms with Crippen molar-refractivity contribution in [2.75, 3.05) is 38.2 Å². The van der Waals surface area contributed by atoms with Gasteiger partial charge in [0.15, 0.2) is 5.78 Å². The molecule has 0 bridgehead atoms. The van der Waals surface area contributed by atoms with Gasteiger partial charge in [-0.3, -0.25) is 9.69 Å². The zero-order valence-corrected chi connectivity index (χ0v) is 14.3. The normalized spacial score (nSPS) is 16.7. The molecule has 4 heteroatoms. The van der Waals surface area contributed by atoms with E-state index in [9.17, 15) is 4.79 Å². The van der Waals surface area contributed by atoms with E-state index in [2.05, 4.69) is 34.1 Å². The Bertz CT molecular complexity index is 662. The third-order valence-electron chi connectivity index (χ3n) is 4.62. The highest BCUT2D eigenvalue weighted by atomic mass is 16.5. The molecule has 0 spiro atoms. The summed E-state index contributed by atoms with van der Waals surface area (Å²) in [5, 5.41) is 0. The van der Waals surface area contributed by atoms with Crippen LogP contribution in [0.1, 0.15) is 18.5 Å². The second-order valence-electron chi connectivity index (χ2n) is 6.14. The molecule has 3 rings (SSSR count). The van der Waals surface area contributed by atoms with Gasteiger partial charge in [0, 0.05) is 31.9 Å². The Balaban J connectivity index is 1.71. The zero-order chi connectivity index (χ0) is 16.9. The SMILES string of the molecule is COc1ccc(C(C(C)=O)N2CCN(c3ccccc3)CC2)cc1. The first-order chi connectivity index (χ1) is 11.7. The number of benzene rings is 2. The lowest BCUT2D eigenvalue weighted by atomic mass is 10.0. The van der Waals surface area contributed by atoms with E-state index in [1.807, 2.05) is 30.3 Å². The molecule has 0 aromatic heterocycles. The number of rotatable bonds is 5. The van der Waals surface area contributed by atoms with Crippen molar-refractivity contribution in [3.05, 3.63) is 60.2 Å². The number of nitrogens with zero attached hydrogens (tertiary/aromatic N) is 2. The summed E-state index contributed by atoms with van der Waals surface area (Å²) < 4.78 is 5.21. The van der Waals surface area contributed by atoms with Crippen LogP contribution in [0.4, 0.5) is 5.69 Å². The predicted octanol–water partition coefficient (Wildman–Crippen LogP) is 3.15. The van der Waals surface area contributed by atoms with Gasteiger partial charge in [0.25, 0.3) is 0 Å². The van der Waals surface area contributed by atoms with Crippen molar-refractivity contribution in [2.45, 2.75) is 13.0 Å². The van der Waals surface area contributed by atoms with E-state index in [0.29, 0.717) is 0 Å². The molecule has 24 heavy (non-hydrogen) atoms. The van der Waals surface area contributed by atoms with Crippen molar-refractivity contribution in [1.29, 1.82) is 0 Å². The molecule has 1 unspecified atom stereocenters. The monoisotopic (exact) mass is 324 g/mol. The lowest BCUT2D eigenvalue weighted by Crippen LogP contribution is -2.49. The highest BCUT2D eigenvalue weighted by Gasteiger charge is 2.28. The Morgan fingerprint density at radius 3 is 2.12 bits per heavy atom. The van der Waals surface area contributed by atoms with Crippen molar-refractivity contribution < 1.29 is 9.53 Å². The number of carbonyl (C=O) groups is 1. The Morgan fingerprint density at radius 1 is 0.958 bits per heavy atom. The fourth-order valence-corrected chi connectivity index (χ4v) is 3.37. The number of anilines is 1. The fraction of sp³-hybridized carbons (Fsp3) is 0.350. The first-order valence-electron chi connectivity index (χ1n) is 8.37. The summed E-state index contributed by atoms with van der Waals surface area (Å²) in [6.07, 6.45) is 0.